The van der Waals surface area contributed by atoms with E-state index in [0.717, 1.165) is 6.54 Å². The third kappa shape index (κ3) is 1.61. The summed E-state index contributed by atoms with van der Waals surface area (Å²) >= 11 is 0. The van der Waals surface area contributed by atoms with Gasteiger partial charge in [-0.3, -0.25) is 4.98 Å². The SMILES string of the molecule is CN1CC=CC=C1c1ccncc1. The first-order chi connectivity index (χ1) is 6.38. The van der Waals surface area contributed by atoms with Gasteiger partial charge in [0.25, 0.3) is 0 Å². The Balaban J connectivity index is 2.35. The van der Waals surface area contributed by atoms with Gasteiger partial charge in [-0.15, -0.1) is 0 Å². The highest BCUT2D eigenvalue weighted by molar-refractivity contribution is 5.66. The molecule has 0 saturated heterocycles. The van der Waals surface area contributed by atoms with Crippen LogP contribution in [-0.2, 0) is 0 Å². The van der Waals surface area contributed by atoms with Gasteiger partial charge >= 0.3 is 0 Å². The number of hydrogen-bond donors (Lipinski definition) is 0. The number of rotatable bonds is 1. The van der Waals surface area contributed by atoms with Gasteiger partial charge in [0.1, 0.15) is 0 Å². The molecule has 66 valence electrons. The summed E-state index contributed by atoms with van der Waals surface area (Å²) in [6.45, 7) is 0.980. The van der Waals surface area contributed by atoms with Crippen LogP contribution in [0.15, 0.2) is 42.8 Å². The maximum Gasteiger partial charge on any atom is 0.0441 e. The third-order valence-corrected chi connectivity index (χ3v) is 2.16. The summed E-state index contributed by atoms with van der Waals surface area (Å²) in [5.41, 5.74) is 2.48. The Morgan fingerprint density at radius 1 is 1.31 bits per heavy atom. The minimum atomic E-state index is 0.980. The zero-order valence-electron chi connectivity index (χ0n) is 7.64. The summed E-state index contributed by atoms with van der Waals surface area (Å²) in [5, 5.41) is 0. The molecule has 0 bridgehead atoms. The fourth-order valence-corrected chi connectivity index (χ4v) is 1.44. The Kier molecular flexibility index (Phi) is 2.13. The Morgan fingerprint density at radius 3 is 2.77 bits per heavy atom. The van der Waals surface area contributed by atoms with Crippen LogP contribution in [0.25, 0.3) is 5.70 Å². The first kappa shape index (κ1) is 8.05. The fourth-order valence-electron chi connectivity index (χ4n) is 1.44. The zero-order chi connectivity index (χ0) is 9.10. The lowest BCUT2D eigenvalue weighted by Crippen LogP contribution is -2.18. The van der Waals surface area contributed by atoms with Gasteiger partial charge in [0.15, 0.2) is 0 Å². The maximum atomic E-state index is 4.00. The van der Waals surface area contributed by atoms with E-state index >= 15 is 0 Å². The lowest BCUT2D eigenvalue weighted by molar-refractivity contribution is 0.531. The van der Waals surface area contributed by atoms with Crippen LogP contribution in [0.5, 0.6) is 0 Å². The summed E-state index contributed by atoms with van der Waals surface area (Å²) in [6, 6.07) is 4.06. The Morgan fingerprint density at radius 2 is 2.08 bits per heavy atom. The molecule has 0 fully saturated rings. The van der Waals surface area contributed by atoms with Crippen LogP contribution in [0.3, 0.4) is 0 Å². The van der Waals surface area contributed by atoms with Gasteiger partial charge < -0.3 is 4.90 Å². The molecule has 1 aromatic rings. The molecule has 0 amide bonds. The summed E-state index contributed by atoms with van der Waals surface area (Å²) in [5.74, 6) is 0. The number of allylic oxidation sites excluding steroid dienone is 2. The Bertz CT molecular complexity index is 338. The highest BCUT2D eigenvalue weighted by Crippen LogP contribution is 2.19. The number of pyridine rings is 1. The molecular formula is C11H12N2. The highest BCUT2D eigenvalue weighted by atomic mass is 15.1. The number of likely N-dealkylation sites (N-methyl/N-ethyl adjacent to an activating group) is 1. The normalized spacial score (nSPS) is 15.8. The monoisotopic (exact) mass is 172 g/mol. The van der Waals surface area contributed by atoms with Crippen LogP contribution in [0.1, 0.15) is 5.56 Å². The molecule has 2 heterocycles. The quantitative estimate of drug-likeness (QED) is 0.643. The largest absolute Gasteiger partial charge is 0.370 e. The summed E-state index contributed by atoms with van der Waals surface area (Å²) < 4.78 is 0. The van der Waals surface area contributed by atoms with E-state index in [0.29, 0.717) is 0 Å². The molecule has 1 aliphatic heterocycles. The number of aromatic nitrogens is 1. The van der Waals surface area contributed by atoms with Crippen LogP contribution < -0.4 is 0 Å². The third-order valence-electron chi connectivity index (χ3n) is 2.16. The van der Waals surface area contributed by atoms with Gasteiger partial charge in [0.2, 0.25) is 0 Å². The van der Waals surface area contributed by atoms with Crippen molar-refractivity contribution < 1.29 is 0 Å². The van der Waals surface area contributed by atoms with E-state index < -0.39 is 0 Å². The summed E-state index contributed by atoms with van der Waals surface area (Å²) in [4.78, 5) is 6.22. The second-order valence-corrected chi connectivity index (χ2v) is 3.10. The highest BCUT2D eigenvalue weighted by Gasteiger charge is 2.06. The molecule has 0 radical (unpaired) electrons. The first-order valence-electron chi connectivity index (χ1n) is 4.36. The summed E-state index contributed by atoms with van der Waals surface area (Å²) in [7, 11) is 2.09. The average Bonchev–Trinajstić information content (AvgIpc) is 2.20. The van der Waals surface area contributed by atoms with E-state index in [-0.39, 0.29) is 0 Å². The van der Waals surface area contributed by atoms with Gasteiger partial charge in [-0.05, 0) is 18.2 Å². The molecule has 13 heavy (non-hydrogen) atoms. The molecular weight excluding hydrogens is 160 g/mol. The molecule has 2 heteroatoms. The zero-order valence-corrected chi connectivity index (χ0v) is 7.64. The summed E-state index contributed by atoms with van der Waals surface area (Å²) in [6.07, 6.45) is 10.0. The van der Waals surface area contributed by atoms with Gasteiger partial charge in [-0.1, -0.05) is 12.2 Å². The van der Waals surface area contributed by atoms with Crippen LogP contribution in [-0.4, -0.2) is 23.5 Å². The van der Waals surface area contributed by atoms with Crippen LogP contribution >= 0.6 is 0 Å². The van der Waals surface area contributed by atoms with Gasteiger partial charge in [0.05, 0.1) is 0 Å². The van der Waals surface area contributed by atoms with Crippen molar-refractivity contribution in [1.82, 2.24) is 9.88 Å². The number of nitrogens with zero attached hydrogens (tertiary/aromatic N) is 2. The molecule has 0 aliphatic carbocycles. The topological polar surface area (TPSA) is 16.1 Å². The van der Waals surface area contributed by atoms with Gasteiger partial charge in [0, 0.05) is 37.2 Å². The Hall–Kier alpha value is -1.57. The molecule has 0 saturated carbocycles. The minimum Gasteiger partial charge on any atom is -0.370 e. The van der Waals surface area contributed by atoms with Crippen LogP contribution in [0.4, 0.5) is 0 Å². The molecule has 0 N–H and O–H groups in total. The van der Waals surface area contributed by atoms with E-state index in [2.05, 4.69) is 35.2 Å². The smallest absolute Gasteiger partial charge is 0.0441 e. The molecule has 2 rings (SSSR count). The predicted molar refractivity (Wildman–Crippen MR) is 54.0 cm³/mol. The minimum absolute atomic E-state index is 0.980. The van der Waals surface area contributed by atoms with Crippen molar-refractivity contribution in [3.8, 4) is 0 Å². The molecule has 2 nitrogen and oxygen atoms in total. The van der Waals surface area contributed by atoms with Crippen molar-refractivity contribution in [2.45, 2.75) is 0 Å². The lowest BCUT2D eigenvalue weighted by atomic mass is 10.1. The van der Waals surface area contributed by atoms with Crippen molar-refractivity contribution in [3.05, 3.63) is 48.3 Å². The van der Waals surface area contributed by atoms with E-state index in [1.807, 2.05) is 24.5 Å². The molecule has 0 spiro atoms. The van der Waals surface area contributed by atoms with Crippen molar-refractivity contribution in [1.29, 1.82) is 0 Å². The van der Waals surface area contributed by atoms with Gasteiger partial charge in [-0.2, -0.15) is 0 Å². The second kappa shape index (κ2) is 3.44. The Labute approximate surface area is 78.2 Å². The molecule has 0 atom stereocenters. The van der Waals surface area contributed by atoms with Gasteiger partial charge in [-0.25, -0.2) is 0 Å². The first-order valence-corrected chi connectivity index (χ1v) is 4.36. The standard InChI is InChI=1S/C11H12N2/c1-13-9-3-2-4-11(13)10-5-7-12-8-6-10/h2-8H,9H2,1H3. The van der Waals surface area contributed by atoms with E-state index in [1.54, 1.807) is 0 Å². The molecule has 0 aromatic carbocycles. The molecule has 1 aliphatic rings. The average molecular weight is 172 g/mol. The van der Waals surface area contributed by atoms with E-state index in [4.69, 9.17) is 0 Å². The van der Waals surface area contributed by atoms with Crippen LogP contribution in [0.2, 0.25) is 0 Å². The lowest BCUT2D eigenvalue weighted by Gasteiger charge is -2.23. The van der Waals surface area contributed by atoms with Crippen molar-refractivity contribution in [2.75, 3.05) is 13.6 Å². The molecule has 1 aromatic heterocycles. The maximum absolute atomic E-state index is 4.00. The van der Waals surface area contributed by atoms with Crippen molar-refractivity contribution in [2.24, 2.45) is 0 Å². The van der Waals surface area contributed by atoms with Crippen molar-refractivity contribution in [3.63, 3.8) is 0 Å². The molecule has 0 unspecified atom stereocenters. The van der Waals surface area contributed by atoms with E-state index in [1.165, 1.54) is 11.3 Å². The van der Waals surface area contributed by atoms with Crippen molar-refractivity contribution >= 4 is 5.70 Å². The van der Waals surface area contributed by atoms with Crippen LogP contribution in [0, 0.1) is 0 Å². The second-order valence-electron chi connectivity index (χ2n) is 3.10. The number of hydrogen-bond acceptors (Lipinski definition) is 2. The van der Waals surface area contributed by atoms with E-state index in [9.17, 15) is 0 Å². The fraction of sp³-hybridized carbons (Fsp3) is 0.182. The predicted octanol–water partition coefficient (Wildman–Crippen LogP) is 1.92.